The van der Waals surface area contributed by atoms with Crippen LogP contribution in [0.1, 0.15) is 35.7 Å². The fraction of sp³-hybridized carbons (Fsp3) is 0.344. The molecule has 228 valence electrons. The van der Waals surface area contributed by atoms with E-state index in [1.54, 1.807) is 56.8 Å². The van der Waals surface area contributed by atoms with E-state index in [0.717, 1.165) is 30.3 Å². The second kappa shape index (κ2) is 14.1. The second-order valence-electron chi connectivity index (χ2n) is 10.9. The summed E-state index contributed by atoms with van der Waals surface area (Å²) < 4.78 is 18.5. The van der Waals surface area contributed by atoms with Gasteiger partial charge in [0.05, 0.1) is 17.7 Å². The maximum Gasteiger partial charge on any atom is 0.325 e. The van der Waals surface area contributed by atoms with Crippen molar-refractivity contribution in [2.24, 2.45) is 0 Å². The average Bonchev–Trinajstić information content (AvgIpc) is 3.36. The van der Waals surface area contributed by atoms with Crippen LogP contribution < -0.4 is 20.1 Å². The van der Waals surface area contributed by atoms with Gasteiger partial charge in [-0.2, -0.15) is 0 Å². The number of allylic oxidation sites excluding steroid dienone is 2. The Labute approximate surface area is 251 Å². The third-order valence-electron chi connectivity index (χ3n) is 6.88. The number of carbonyl (C=O) groups is 2. The topological polar surface area (TPSA) is 138 Å². The highest BCUT2D eigenvalue weighted by molar-refractivity contribution is 5.95. The standard InChI is InChI=1S/C32H39N5O6/c1-32(2,40)21-36-19-25(20-36)22-5-7-23(8-6-22)30(38)35-13-10-26(9-12-33)43-29-17-24-11-14-37(31(39)34-3)27(24)18-28(29)42-16-15-41-4/h5-14,17-18,25,33,40H,15-16,19-21H2,1-4H3,(H,34,39)(H,35,38). The Kier molecular flexibility index (Phi) is 10.4. The monoisotopic (exact) mass is 589 g/mol. The highest BCUT2D eigenvalue weighted by Gasteiger charge is 2.31. The summed E-state index contributed by atoms with van der Waals surface area (Å²) in [5, 5.41) is 23.7. The second-order valence-corrected chi connectivity index (χ2v) is 10.9. The SMILES string of the molecule is CNC(=O)n1ccc2cc(OC(C=CNC(=O)c3ccc(C4CN(CC(C)(C)O)C4)cc3)=CC=N)c(OCCOC)cc21. The molecule has 43 heavy (non-hydrogen) atoms. The van der Waals surface area contributed by atoms with Crippen molar-refractivity contribution in [3.8, 4) is 11.5 Å². The molecule has 0 atom stereocenters. The van der Waals surface area contributed by atoms with Crippen LogP contribution in [0.5, 0.6) is 11.5 Å². The van der Waals surface area contributed by atoms with Gasteiger partial charge in [-0.3, -0.25) is 14.3 Å². The van der Waals surface area contributed by atoms with E-state index in [4.69, 9.17) is 19.6 Å². The first-order valence-corrected chi connectivity index (χ1v) is 14.0. The van der Waals surface area contributed by atoms with Gasteiger partial charge in [-0.15, -0.1) is 0 Å². The van der Waals surface area contributed by atoms with Crippen molar-refractivity contribution >= 4 is 29.1 Å². The van der Waals surface area contributed by atoms with Crippen LogP contribution in [0.4, 0.5) is 4.79 Å². The number of likely N-dealkylation sites (tertiary alicyclic amines) is 1. The molecule has 11 heteroatoms. The van der Waals surface area contributed by atoms with Gasteiger partial charge in [-0.1, -0.05) is 12.1 Å². The summed E-state index contributed by atoms with van der Waals surface area (Å²) in [6.07, 6.45) is 7.17. The predicted octanol–water partition coefficient (Wildman–Crippen LogP) is 3.88. The van der Waals surface area contributed by atoms with Crippen LogP contribution in [0.25, 0.3) is 10.9 Å². The molecule has 4 N–H and O–H groups in total. The quantitative estimate of drug-likeness (QED) is 0.103. The van der Waals surface area contributed by atoms with Crippen LogP contribution in [-0.4, -0.2) is 85.3 Å². The highest BCUT2D eigenvalue weighted by atomic mass is 16.5. The third kappa shape index (κ3) is 8.31. The van der Waals surface area contributed by atoms with E-state index >= 15 is 0 Å². The molecule has 2 amide bonds. The number of methoxy groups -OCH3 is 1. The third-order valence-corrected chi connectivity index (χ3v) is 6.88. The molecule has 2 aromatic carbocycles. The van der Waals surface area contributed by atoms with Gasteiger partial charge in [0.25, 0.3) is 5.91 Å². The van der Waals surface area contributed by atoms with Crippen molar-refractivity contribution in [1.82, 2.24) is 20.1 Å². The number of nitrogens with one attached hydrogen (secondary N) is 3. The van der Waals surface area contributed by atoms with Crippen molar-refractivity contribution in [1.29, 1.82) is 5.41 Å². The molecule has 0 radical (unpaired) electrons. The van der Waals surface area contributed by atoms with Crippen molar-refractivity contribution < 1.29 is 28.9 Å². The minimum atomic E-state index is -0.715. The first kappa shape index (κ1) is 31.5. The van der Waals surface area contributed by atoms with E-state index in [0.29, 0.717) is 41.6 Å². The molecule has 1 aliphatic rings. The summed E-state index contributed by atoms with van der Waals surface area (Å²) in [6, 6.07) is 12.5. The Bertz CT molecular complexity index is 1500. The lowest BCUT2D eigenvalue weighted by molar-refractivity contribution is 0.00735. The average molecular weight is 590 g/mol. The minimum Gasteiger partial charge on any atom is -0.487 e. The Morgan fingerprint density at radius 2 is 1.86 bits per heavy atom. The molecular weight excluding hydrogens is 550 g/mol. The number of rotatable bonds is 13. The van der Waals surface area contributed by atoms with Gasteiger partial charge in [-0.25, -0.2) is 4.79 Å². The number of nitrogens with zero attached hydrogens (tertiary/aromatic N) is 2. The normalized spacial score (nSPS) is 14.5. The summed E-state index contributed by atoms with van der Waals surface area (Å²) in [4.78, 5) is 27.3. The maximum absolute atomic E-state index is 12.8. The summed E-state index contributed by atoms with van der Waals surface area (Å²) in [5.41, 5.74) is 1.59. The summed E-state index contributed by atoms with van der Waals surface area (Å²) in [6.45, 7) is 6.62. The number of fused-ring (bicyclic) bond motifs is 1. The van der Waals surface area contributed by atoms with E-state index in [2.05, 4.69) is 15.5 Å². The maximum atomic E-state index is 12.8. The largest absolute Gasteiger partial charge is 0.487 e. The summed E-state index contributed by atoms with van der Waals surface area (Å²) >= 11 is 0. The van der Waals surface area contributed by atoms with Gasteiger partial charge in [-0.05, 0) is 55.8 Å². The van der Waals surface area contributed by atoms with Gasteiger partial charge in [0.15, 0.2) is 11.5 Å². The van der Waals surface area contributed by atoms with Gasteiger partial charge < -0.3 is 35.4 Å². The number of β-amino-alcohol motifs (C(OH)–C–C–N with tert-alkyl or cyclic N) is 1. The Morgan fingerprint density at radius 3 is 2.51 bits per heavy atom. The highest BCUT2D eigenvalue weighted by Crippen LogP contribution is 2.35. The number of carbonyl (C=O) groups excluding carboxylic acids is 2. The number of aromatic nitrogens is 1. The van der Waals surface area contributed by atoms with Crippen molar-refractivity contribution in [2.45, 2.75) is 25.4 Å². The molecule has 4 rings (SSSR count). The smallest absolute Gasteiger partial charge is 0.325 e. The number of ether oxygens (including phenoxy) is 3. The number of benzene rings is 2. The van der Waals surface area contributed by atoms with Crippen LogP contribution >= 0.6 is 0 Å². The lowest BCUT2D eigenvalue weighted by Crippen LogP contribution is -2.50. The molecule has 0 bridgehead atoms. The Balaban J connectivity index is 1.42. The van der Waals surface area contributed by atoms with Gasteiger partial charge >= 0.3 is 6.03 Å². The zero-order chi connectivity index (χ0) is 31.0. The van der Waals surface area contributed by atoms with E-state index in [9.17, 15) is 14.7 Å². The van der Waals surface area contributed by atoms with Gasteiger partial charge in [0, 0.05) is 75.3 Å². The fourth-order valence-corrected chi connectivity index (χ4v) is 4.85. The van der Waals surface area contributed by atoms with Crippen molar-refractivity contribution in [3.05, 3.63) is 83.9 Å². The molecule has 0 saturated carbocycles. The van der Waals surface area contributed by atoms with Crippen molar-refractivity contribution in [2.75, 3.05) is 47.0 Å². The molecule has 1 fully saturated rings. The molecular formula is C32H39N5O6. The van der Waals surface area contributed by atoms with E-state index in [-0.39, 0.29) is 24.3 Å². The number of hydrogen-bond acceptors (Lipinski definition) is 8. The fourth-order valence-electron chi connectivity index (χ4n) is 4.85. The molecule has 11 nitrogen and oxygen atoms in total. The Hall–Kier alpha value is -4.45. The molecule has 0 spiro atoms. The first-order chi connectivity index (χ1) is 20.6. The van der Waals surface area contributed by atoms with Crippen LogP contribution in [0.2, 0.25) is 0 Å². The number of amides is 2. The Morgan fingerprint density at radius 1 is 1.12 bits per heavy atom. The molecule has 1 aliphatic heterocycles. The lowest BCUT2D eigenvalue weighted by Gasteiger charge is -2.42. The van der Waals surface area contributed by atoms with Crippen LogP contribution in [-0.2, 0) is 4.74 Å². The first-order valence-electron chi connectivity index (χ1n) is 14.0. The van der Waals surface area contributed by atoms with E-state index in [1.807, 2.05) is 26.0 Å². The van der Waals surface area contributed by atoms with E-state index < -0.39 is 5.60 Å². The number of aliphatic hydroxyl groups is 1. The molecule has 2 heterocycles. The molecule has 0 unspecified atom stereocenters. The number of hydrogen-bond donors (Lipinski definition) is 4. The molecule has 3 aromatic rings. The lowest BCUT2D eigenvalue weighted by atomic mass is 9.89. The van der Waals surface area contributed by atoms with Crippen LogP contribution in [0, 0.1) is 5.41 Å². The van der Waals surface area contributed by atoms with Crippen LogP contribution in [0.15, 0.2) is 72.8 Å². The van der Waals surface area contributed by atoms with Gasteiger partial charge in [0.1, 0.15) is 12.4 Å². The summed E-state index contributed by atoms with van der Waals surface area (Å²) in [7, 11) is 3.13. The van der Waals surface area contributed by atoms with E-state index in [1.165, 1.54) is 16.8 Å². The molecule has 0 aliphatic carbocycles. The zero-order valence-corrected chi connectivity index (χ0v) is 24.9. The van der Waals surface area contributed by atoms with Gasteiger partial charge in [0.2, 0.25) is 0 Å². The van der Waals surface area contributed by atoms with Crippen molar-refractivity contribution in [3.63, 3.8) is 0 Å². The van der Waals surface area contributed by atoms with Crippen LogP contribution in [0.3, 0.4) is 0 Å². The molecule has 1 saturated heterocycles. The summed E-state index contributed by atoms with van der Waals surface area (Å²) in [5.74, 6) is 1.14. The molecule has 1 aromatic heterocycles. The predicted molar refractivity (Wildman–Crippen MR) is 165 cm³/mol. The minimum absolute atomic E-state index is 0.257. The zero-order valence-electron chi connectivity index (χ0n) is 24.9.